The summed E-state index contributed by atoms with van der Waals surface area (Å²) >= 11 is 0. The maximum Gasteiger partial charge on any atom is 0.223 e. The summed E-state index contributed by atoms with van der Waals surface area (Å²) in [6, 6.07) is 34.2. The van der Waals surface area contributed by atoms with Gasteiger partial charge in [-0.1, -0.05) is 78.9 Å². The minimum Gasteiger partial charge on any atom is -0.383 e. The number of carbonyl (C=O) groups is 3. The SMILES string of the molecule is O=C(Cc1ccc2nc(-c3cccc(NC[C@@H]4CCCN4C(=O)CCc4ccccc4)c3)[nH]c2c1)[C@@H]1CCCN1C(=O)CCc1ccccc1. The lowest BCUT2D eigenvalue weighted by atomic mass is 10.0. The van der Waals surface area contributed by atoms with Gasteiger partial charge in [-0.15, -0.1) is 0 Å². The van der Waals surface area contributed by atoms with Crippen molar-refractivity contribution in [3.8, 4) is 11.4 Å². The summed E-state index contributed by atoms with van der Waals surface area (Å²) in [4.78, 5) is 51.8. The van der Waals surface area contributed by atoms with E-state index in [0.29, 0.717) is 32.4 Å². The quantitative estimate of drug-likeness (QED) is 0.141. The molecule has 2 aliphatic rings. The molecule has 5 aromatic rings. The fraction of sp³-hybridized carbons (Fsp3) is 0.333. The molecule has 2 atom stereocenters. The molecule has 7 rings (SSSR count). The molecule has 2 fully saturated rings. The second kappa shape index (κ2) is 15.5. The molecular formula is C42H45N5O3. The number of aromatic nitrogens is 2. The largest absolute Gasteiger partial charge is 0.383 e. The van der Waals surface area contributed by atoms with Crippen LogP contribution < -0.4 is 5.32 Å². The van der Waals surface area contributed by atoms with Crippen LogP contribution in [0.25, 0.3) is 22.4 Å². The maximum absolute atomic E-state index is 13.5. The molecule has 4 aromatic carbocycles. The van der Waals surface area contributed by atoms with Gasteiger partial charge in [0.2, 0.25) is 11.8 Å². The van der Waals surface area contributed by atoms with E-state index in [1.807, 2.05) is 84.9 Å². The minimum absolute atomic E-state index is 0.0583. The highest BCUT2D eigenvalue weighted by atomic mass is 16.2. The van der Waals surface area contributed by atoms with Crippen molar-refractivity contribution in [1.82, 2.24) is 19.8 Å². The van der Waals surface area contributed by atoms with E-state index in [2.05, 4.69) is 33.4 Å². The van der Waals surface area contributed by atoms with Gasteiger partial charge in [0.25, 0.3) is 0 Å². The Morgan fingerprint density at radius 2 is 1.40 bits per heavy atom. The van der Waals surface area contributed by atoms with E-state index in [4.69, 9.17) is 4.98 Å². The molecule has 3 heterocycles. The molecule has 0 radical (unpaired) electrons. The van der Waals surface area contributed by atoms with E-state index in [-0.39, 0.29) is 36.1 Å². The molecule has 256 valence electrons. The molecule has 2 saturated heterocycles. The highest BCUT2D eigenvalue weighted by Gasteiger charge is 2.33. The van der Waals surface area contributed by atoms with Crippen molar-refractivity contribution in [3.63, 3.8) is 0 Å². The van der Waals surface area contributed by atoms with Crippen LogP contribution >= 0.6 is 0 Å². The number of aryl methyl sites for hydroxylation is 2. The van der Waals surface area contributed by atoms with E-state index < -0.39 is 0 Å². The number of rotatable bonds is 13. The van der Waals surface area contributed by atoms with E-state index >= 15 is 0 Å². The number of amides is 2. The van der Waals surface area contributed by atoms with Gasteiger partial charge in [0.05, 0.1) is 17.1 Å². The fourth-order valence-electron chi connectivity index (χ4n) is 7.49. The predicted molar refractivity (Wildman–Crippen MR) is 198 cm³/mol. The number of aromatic amines is 1. The third kappa shape index (κ3) is 7.96. The van der Waals surface area contributed by atoms with Crippen LogP contribution in [0.3, 0.4) is 0 Å². The van der Waals surface area contributed by atoms with Crippen LogP contribution in [0.1, 0.15) is 55.2 Å². The molecule has 8 heteroatoms. The molecule has 0 bridgehead atoms. The lowest BCUT2D eigenvalue weighted by Gasteiger charge is -2.25. The Morgan fingerprint density at radius 1 is 0.720 bits per heavy atom. The third-order valence-electron chi connectivity index (χ3n) is 10.2. The Labute approximate surface area is 293 Å². The van der Waals surface area contributed by atoms with Gasteiger partial charge in [0, 0.05) is 56.2 Å². The van der Waals surface area contributed by atoms with E-state index in [9.17, 15) is 14.4 Å². The number of carbonyl (C=O) groups excluding carboxylic acids is 3. The van der Waals surface area contributed by atoms with Crippen molar-refractivity contribution >= 4 is 34.3 Å². The highest BCUT2D eigenvalue weighted by molar-refractivity contribution is 5.92. The number of Topliss-reactive ketones (excluding diaryl/α,β-unsaturated/α-hetero) is 1. The van der Waals surface area contributed by atoms with E-state index in [1.165, 1.54) is 5.56 Å². The van der Waals surface area contributed by atoms with Crippen LogP contribution in [0.4, 0.5) is 5.69 Å². The molecule has 0 aliphatic carbocycles. The predicted octanol–water partition coefficient (Wildman–Crippen LogP) is 7.00. The molecule has 0 saturated carbocycles. The minimum atomic E-state index is -0.356. The number of imidazole rings is 1. The van der Waals surface area contributed by atoms with E-state index in [0.717, 1.165) is 77.9 Å². The molecule has 0 spiro atoms. The van der Waals surface area contributed by atoms with Gasteiger partial charge < -0.3 is 20.1 Å². The molecule has 2 aliphatic heterocycles. The summed E-state index contributed by atoms with van der Waals surface area (Å²) in [5, 5.41) is 3.57. The molecule has 1 aromatic heterocycles. The normalized spacial score (nSPS) is 17.4. The Hall–Kier alpha value is -5.24. The summed E-state index contributed by atoms with van der Waals surface area (Å²) in [5.74, 6) is 1.13. The third-order valence-corrected chi connectivity index (χ3v) is 10.2. The van der Waals surface area contributed by atoms with Crippen molar-refractivity contribution in [1.29, 1.82) is 0 Å². The number of ketones is 1. The number of anilines is 1. The lowest BCUT2D eigenvalue weighted by molar-refractivity contribution is -0.137. The molecule has 2 amide bonds. The maximum atomic E-state index is 13.5. The molecule has 2 N–H and O–H groups in total. The first kappa shape index (κ1) is 33.3. The highest BCUT2D eigenvalue weighted by Crippen LogP contribution is 2.27. The van der Waals surface area contributed by atoms with Crippen molar-refractivity contribution < 1.29 is 14.4 Å². The zero-order chi connectivity index (χ0) is 34.3. The van der Waals surface area contributed by atoms with Crippen LogP contribution in [-0.4, -0.2) is 69.1 Å². The average molecular weight is 668 g/mol. The number of hydrogen-bond acceptors (Lipinski definition) is 5. The van der Waals surface area contributed by atoms with Crippen LogP contribution in [-0.2, 0) is 33.6 Å². The second-order valence-electron chi connectivity index (χ2n) is 13.6. The zero-order valence-corrected chi connectivity index (χ0v) is 28.5. The molecule has 50 heavy (non-hydrogen) atoms. The Bertz CT molecular complexity index is 1940. The standard InChI is InChI=1S/C42H45N5O3/c48-39(38-17-9-25-47(38)41(50)23-20-31-12-5-2-6-13-31)27-32-18-21-36-37(26-32)45-42(44-36)33-14-7-15-34(28-33)43-29-35-16-8-24-46(35)40(49)22-19-30-10-3-1-4-11-30/h1-7,10-15,18,21,26,28,35,38,43H,8-9,16-17,19-20,22-25,27,29H2,(H,44,45)/t35-,38-/m0/s1. The second-order valence-corrected chi connectivity index (χ2v) is 13.6. The van der Waals surface area contributed by atoms with E-state index in [1.54, 1.807) is 4.90 Å². The lowest BCUT2D eigenvalue weighted by Crippen LogP contribution is -2.41. The number of fused-ring (bicyclic) bond motifs is 1. The summed E-state index contributed by atoms with van der Waals surface area (Å²) in [7, 11) is 0. The summed E-state index contributed by atoms with van der Waals surface area (Å²) in [6.45, 7) is 2.17. The summed E-state index contributed by atoms with van der Waals surface area (Å²) < 4.78 is 0. The van der Waals surface area contributed by atoms with Gasteiger partial charge in [0.15, 0.2) is 5.78 Å². The summed E-state index contributed by atoms with van der Waals surface area (Å²) in [5.41, 5.74) is 6.90. The number of nitrogens with one attached hydrogen (secondary N) is 2. The zero-order valence-electron chi connectivity index (χ0n) is 28.5. The monoisotopic (exact) mass is 667 g/mol. The fourth-order valence-corrected chi connectivity index (χ4v) is 7.49. The Kier molecular flexibility index (Phi) is 10.3. The van der Waals surface area contributed by atoms with Gasteiger partial charge in [-0.2, -0.15) is 0 Å². The first-order chi connectivity index (χ1) is 24.5. The van der Waals surface area contributed by atoms with Crippen molar-refractivity contribution in [2.24, 2.45) is 0 Å². The van der Waals surface area contributed by atoms with Crippen LogP contribution in [0.2, 0.25) is 0 Å². The average Bonchev–Trinajstić information content (AvgIpc) is 3.93. The topological polar surface area (TPSA) is 98.4 Å². The van der Waals surface area contributed by atoms with Gasteiger partial charge in [-0.3, -0.25) is 14.4 Å². The number of likely N-dealkylation sites (tertiary alicyclic amines) is 2. The number of H-pyrrole nitrogens is 1. The van der Waals surface area contributed by atoms with Crippen molar-refractivity contribution in [3.05, 3.63) is 120 Å². The molecule has 0 unspecified atom stereocenters. The number of nitrogens with zero attached hydrogens (tertiary/aromatic N) is 3. The van der Waals surface area contributed by atoms with Gasteiger partial charge in [0.1, 0.15) is 5.82 Å². The van der Waals surface area contributed by atoms with Crippen molar-refractivity contribution in [2.75, 3.05) is 25.0 Å². The van der Waals surface area contributed by atoms with Gasteiger partial charge in [-0.05, 0) is 79.5 Å². The van der Waals surface area contributed by atoms with Crippen LogP contribution in [0.5, 0.6) is 0 Å². The number of hydrogen-bond donors (Lipinski definition) is 2. The smallest absolute Gasteiger partial charge is 0.223 e. The van der Waals surface area contributed by atoms with Gasteiger partial charge in [-0.25, -0.2) is 4.98 Å². The van der Waals surface area contributed by atoms with Crippen molar-refractivity contribution in [2.45, 2.75) is 69.9 Å². The first-order valence-corrected chi connectivity index (χ1v) is 18.0. The van der Waals surface area contributed by atoms with Crippen LogP contribution in [0, 0.1) is 0 Å². The summed E-state index contributed by atoms with van der Waals surface area (Å²) in [6.07, 6.45) is 6.30. The first-order valence-electron chi connectivity index (χ1n) is 18.0. The van der Waals surface area contributed by atoms with Gasteiger partial charge >= 0.3 is 0 Å². The molecule has 8 nitrogen and oxygen atoms in total. The number of benzene rings is 4. The Balaban J connectivity index is 0.948. The van der Waals surface area contributed by atoms with Crippen LogP contribution in [0.15, 0.2) is 103 Å². The molecular weight excluding hydrogens is 622 g/mol. The Morgan fingerprint density at radius 3 is 2.14 bits per heavy atom.